The Morgan fingerprint density at radius 2 is 1.71 bits per heavy atom. The third-order valence-corrected chi connectivity index (χ3v) is 6.67. The number of methoxy groups -OCH3 is 1. The summed E-state index contributed by atoms with van der Waals surface area (Å²) in [4.78, 5) is 20.0. The number of hydrogen-bond donors (Lipinski definition) is 1. The van der Waals surface area contributed by atoms with Crippen LogP contribution in [0.2, 0.25) is 0 Å². The number of ether oxygens (including phenoxy) is 1. The largest absolute Gasteiger partial charge is 0.497 e. The second-order valence-corrected chi connectivity index (χ2v) is 9.00. The van der Waals surface area contributed by atoms with E-state index in [2.05, 4.69) is 39.0 Å². The van der Waals surface area contributed by atoms with E-state index in [4.69, 9.17) is 9.72 Å². The van der Waals surface area contributed by atoms with Gasteiger partial charge in [0, 0.05) is 18.2 Å². The predicted molar refractivity (Wildman–Crippen MR) is 135 cm³/mol. The molecule has 180 valence electrons. The fourth-order valence-corrected chi connectivity index (χ4v) is 4.67. The van der Waals surface area contributed by atoms with Crippen molar-refractivity contribution in [3.8, 4) is 5.75 Å². The van der Waals surface area contributed by atoms with Crippen molar-refractivity contribution in [2.75, 3.05) is 25.5 Å². The van der Waals surface area contributed by atoms with Crippen LogP contribution in [-0.4, -0.2) is 40.6 Å². The average Bonchev–Trinajstić information content (AvgIpc) is 3.23. The Hall–Kier alpha value is -3.71. The molecule has 6 nitrogen and oxygen atoms in total. The SMILES string of the molecule is COc1ccc(Cn2c(CN3CCC(C(=O)Nc4ccc(F)cc4)CC3)nc3ccccc32)cc1. The first-order chi connectivity index (χ1) is 17.1. The Morgan fingerprint density at radius 1 is 1.00 bits per heavy atom. The van der Waals surface area contributed by atoms with Gasteiger partial charge in [0.1, 0.15) is 17.4 Å². The molecule has 1 aliphatic rings. The van der Waals surface area contributed by atoms with E-state index in [1.807, 2.05) is 24.3 Å². The number of amides is 1. The monoisotopic (exact) mass is 472 g/mol. The Kier molecular flexibility index (Phi) is 6.77. The van der Waals surface area contributed by atoms with Crippen molar-refractivity contribution in [3.05, 3.63) is 90.0 Å². The van der Waals surface area contributed by atoms with E-state index >= 15 is 0 Å². The molecule has 1 aliphatic heterocycles. The fraction of sp³-hybridized carbons (Fsp3) is 0.286. The second kappa shape index (κ2) is 10.3. The smallest absolute Gasteiger partial charge is 0.227 e. The maximum Gasteiger partial charge on any atom is 0.227 e. The molecule has 5 rings (SSSR count). The van der Waals surface area contributed by atoms with Crippen molar-refractivity contribution in [1.82, 2.24) is 14.5 Å². The van der Waals surface area contributed by atoms with Gasteiger partial charge in [-0.2, -0.15) is 0 Å². The van der Waals surface area contributed by atoms with Crippen LogP contribution in [0.25, 0.3) is 11.0 Å². The lowest BCUT2D eigenvalue weighted by molar-refractivity contribution is -0.121. The molecule has 3 aromatic carbocycles. The summed E-state index contributed by atoms with van der Waals surface area (Å²) in [5.74, 6) is 1.51. The van der Waals surface area contributed by atoms with Crippen LogP contribution in [0.3, 0.4) is 0 Å². The third kappa shape index (κ3) is 5.35. The summed E-state index contributed by atoms with van der Waals surface area (Å²) in [5.41, 5.74) is 3.92. The van der Waals surface area contributed by atoms with E-state index in [9.17, 15) is 9.18 Å². The summed E-state index contributed by atoms with van der Waals surface area (Å²) in [5, 5.41) is 2.92. The van der Waals surface area contributed by atoms with Gasteiger partial charge in [0.2, 0.25) is 5.91 Å². The Labute approximate surface area is 204 Å². The number of hydrogen-bond acceptors (Lipinski definition) is 4. The van der Waals surface area contributed by atoms with Gasteiger partial charge in [-0.25, -0.2) is 9.37 Å². The van der Waals surface area contributed by atoms with Crippen molar-refractivity contribution in [3.63, 3.8) is 0 Å². The zero-order valence-corrected chi connectivity index (χ0v) is 19.8. The highest BCUT2D eigenvalue weighted by Gasteiger charge is 2.26. The number of anilines is 1. The number of piperidine rings is 1. The van der Waals surface area contributed by atoms with Gasteiger partial charge in [-0.05, 0) is 80.0 Å². The highest BCUT2D eigenvalue weighted by atomic mass is 19.1. The van der Waals surface area contributed by atoms with Gasteiger partial charge in [-0.3, -0.25) is 9.69 Å². The lowest BCUT2D eigenvalue weighted by Crippen LogP contribution is -2.38. The summed E-state index contributed by atoms with van der Waals surface area (Å²) in [6.45, 7) is 3.12. The summed E-state index contributed by atoms with van der Waals surface area (Å²) < 4.78 is 20.7. The highest BCUT2D eigenvalue weighted by molar-refractivity contribution is 5.92. The van der Waals surface area contributed by atoms with E-state index in [1.165, 1.54) is 17.7 Å². The molecule has 35 heavy (non-hydrogen) atoms. The minimum absolute atomic E-state index is 0.00278. The fourth-order valence-electron chi connectivity index (χ4n) is 4.67. The van der Waals surface area contributed by atoms with E-state index in [1.54, 1.807) is 19.2 Å². The van der Waals surface area contributed by atoms with E-state index < -0.39 is 0 Å². The van der Waals surface area contributed by atoms with Gasteiger partial charge in [-0.1, -0.05) is 24.3 Å². The number of halogens is 1. The van der Waals surface area contributed by atoms with Crippen LogP contribution in [0, 0.1) is 11.7 Å². The second-order valence-electron chi connectivity index (χ2n) is 9.00. The molecule has 1 amide bonds. The van der Waals surface area contributed by atoms with Crippen LogP contribution in [0.5, 0.6) is 5.75 Å². The molecule has 1 N–H and O–H groups in total. The summed E-state index contributed by atoms with van der Waals surface area (Å²) >= 11 is 0. The molecule has 1 saturated heterocycles. The first kappa shape index (κ1) is 23.1. The summed E-state index contributed by atoms with van der Waals surface area (Å²) in [6, 6.07) is 22.3. The number of rotatable bonds is 7. The average molecular weight is 473 g/mol. The zero-order chi connectivity index (χ0) is 24.2. The summed E-state index contributed by atoms with van der Waals surface area (Å²) in [7, 11) is 1.67. The van der Waals surface area contributed by atoms with Gasteiger partial charge >= 0.3 is 0 Å². The number of aromatic nitrogens is 2. The molecule has 7 heteroatoms. The molecule has 0 radical (unpaired) electrons. The first-order valence-electron chi connectivity index (χ1n) is 11.9. The molecule has 0 unspecified atom stereocenters. The van der Waals surface area contributed by atoms with E-state index in [0.29, 0.717) is 5.69 Å². The molecule has 4 aromatic rings. The normalized spacial score (nSPS) is 14.8. The number of imidazole rings is 1. The Balaban J connectivity index is 1.25. The maximum atomic E-state index is 13.1. The lowest BCUT2D eigenvalue weighted by Gasteiger charge is -2.31. The molecule has 0 bridgehead atoms. The number of nitrogens with zero attached hydrogens (tertiary/aromatic N) is 3. The number of likely N-dealkylation sites (tertiary alicyclic amines) is 1. The molecule has 0 saturated carbocycles. The van der Waals surface area contributed by atoms with Crippen molar-refractivity contribution in [2.24, 2.45) is 5.92 Å². The van der Waals surface area contributed by atoms with Crippen LogP contribution in [0.15, 0.2) is 72.8 Å². The first-order valence-corrected chi connectivity index (χ1v) is 11.9. The maximum absolute atomic E-state index is 13.1. The minimum atomic E-state index is -0.311. The lowest BCUT2D eigenvalue weighted by atomic mass is 9.96. The van der Waals surface area contributed by atoms with Gasteiger partial charge in [0.05, 0.1) is 24.7 Å². The van der Waals surface area contributed by atoms with Crippen LogP contribution in [-0.2, 0) is 17.9 Å². The van der Waals surface area contributed by atoms with Crippen molar-refractivity contribution in [1.29, 1.82) is 0 Å². The molecule has 0 atom stereocenters. The van der Waals surface area contributed by atoms with Gasteiger partial charge < -0.3 is 14.6 Å². The highest BCUT2D eigenvalue weighted by Crippen LogP contribution is 2.24. The number of carbonyl (C=O) groups is 1. The van der Waals surface area contributed by atoms with Crippen molar-refractivity contribution in [2.45, 2.75) is 25.9 Å². The molecular formula is C28H29FN4O2. The van der Waals surface area contributed by atoms with E-state index in [-0.39, 0.29) is 17.6 Å². The topological polar surface area (TPSA) is 59.4 Å². The van der Waals surface area contributed by atoms with Crippen molar-refractivity contribution >= 4 is 22.6 Å². The molecule has 0 aliphatic carbocycles. The van der Waals surface area contributed by atoms with Crippen LogP contribution < -0.4 is 10.1 Å². The number of nitrogens with one attached hydrogen (secondary N) is 1. The molecule has 0 spiro atoms. The molecule has 1 aromatic heterocycles. The molecule has 1 fully saturated rings. The van der Waals surface area contributed by atoms with Crippen LogP contribution in [0.4, 0.5) is 10.1 Å². The standard InChI is InChI=1S/C28H29FN4O2/c1-35-24-12-6-20(7-13-24)18-33-26-5-3-2-4-25(26)31-27(33)19-32-16-14-21(15-17-32)28(34)30-23-10-8-22(29)9-11-23/h2-13,21H,14-19H2,1H3,(H,30,34). The minimum Gasteiger partial charge on any atom is -0.497 e. The number of benzene rings is 3. The predicted octanol–water partition coefficient (Wildman–Crippen LogP) is 5.08. The van der Waals surface area contributed by atoms with Gasteiger partial charge in [-0.15, -0.1) is 0 Å². The summed E-state index contributed by atoms with van der Waals surface area (Å²) in [6.07, 6.45) is 1.57. The van der Waals surface area contributed by atoms with Crippen LogP contribution >= 0.6 is 0 Å². The Bertz CT molecular complexity index is 1290. The zero-order valence-electron chi connectivity index (χ0n) is 19.8. The number of fused-ring (bicyclic) bond motifs is 1. The third-order valence-electron chi connectivity index (χ3n) is 6.67. The Morgan fingerprint density at radius 3 is 2.43 bits per heavy atom. The number of para-hydroxylation sites is 2. The molecule has 2 heterocycles. The van der Waals surface area contributed by atoms with Gasteiger partial charge in [0.15, 0.2) is 0 Å². The quantitative estimate of drug-likeness (QED) is 0.407. The number of carbonyl (C=O) groups excluding carboxylic acids is 1. The van der Waals surface area contributed by atoms with Crippen molar-refractivity contribution < 1.29 is 13.9 Å². The van der Waals surface area contributed by atoms with Gasteiger partial charge in [0.25, 0.3) is 0 Å². The molecular weight excluding hydrogens is 443 g/mol. The van der Waals surface area contributed by atoms with E-state index in [0.717, 1.165) is 61.6 Å². The van der Waals surface area contributed by atoms with Crippen LogP contribution in [0.1, 0.15) is 24.2 Å².